The molecule has 3 rings (SSSR count). The third-order valence-corrected chi connectivity index (χ3v) is 3.43. The van der Waals surface area contributed by atoms with Gasteiger partial charge in [0.2, 0.25) is 0 Å². The summed E-state index contributed by atoms with van der Waals surface area (Å²) in [6.45, 7) is 1.84. The van der Waals surface area contributed by atoms with Gasteiger partial charge in [0.05, 0.1) is 16.9 Å². The molecule has 0 aliphatic heterocycles. The Bertz CT molecular complexity index is 748. The molecule has 1 fully saturated rings. The molecule has 19 heavy (non-hydrogen) atoms. The lowest BCUT2D eigenvalue weighted by molar-refractivity contribution is 0.593. The van der Waals surface area contributed by atoms with Crippen LogP contribution in [0.25, 0.3) is 10.9 Å². The highest BCUT2D eigenvalue weighted by molar-refractivity contribution is 5.84. The molecule has 0 spiro atoms. The van der Waals surface area contributed by atoms with E-state index in [1.54, 1.807) is 16.7 Å². The molecule has 1 aromatic heterocycles. The van der Waals surface area contributed by atoms with Gasteiger partial charge in [-0.2, -0.15) is 0 Å². The van der Waals surface area contributed by atoms with Gasteiger partial charge in [0.1, 0.15) is 5.82 Å². The second-order valence-corrected chi connectivity index (χ2v) is 5.01. The minimum Gasteiger partial charge on any atom is -0.322 e. The zero-order chi connectivity index (χ0) is 13.6. The Balaban J connectivity index is 2.44. The smallest absolute Gasteiger partial charge is 0.262 e. The number of nitrogens with two attached hydrogens (primary N) is 1. The number of benzene rings is 1. The monoisotopic (exact) mass is 253 g/mol. The first-order chi connectivity index (χ1) is 9.13. The Morgan fingerprint density at radius 2 is 2.26 bits per heavy atom. The van der Waals surface area contributed by atoms with Crippen molar-refractivity contribution < 1.29 is 0 Å². The topological polar surface area (TPSA) is 60.9 Å². The summed E-state index contributed by atoms with van der Waals surface area (Å²) in [6, 6.07) is 5.36. The molecular formula is C15H15N3O. The molecule has 96 valence electrons. The first-order valence-corrected chi connectivity index (χ1v) is 6.41. The SMILES string of the molecule is C#Cc1cccc2nc(C(C)N)n(C3CC3)c(=O)c12. The van der Waals surface area contributed by atoms with E-state index in [-0.39, 0.29) is 17.6 Å². The van der Waals surface area contributed by atoms with Gasteiger partial charge in [-0.25, -0.2) is 4.98 Å². The van der Waals surface area contributed by atoms with Crippen molar-refractivity contribution >= 4 is 10.9 Å². The molecule has 1 aliphatic rings. The van der Waals surface area contributed by atoms with Crippen LogP contribution in [0.3, 0.4) is 0 Å². The van der Waals surface area contributed by atoms with Gasteiger partial charge < -0.3 is 5.73 Å². The fourth-order valence-electron chi connectivity index (χ4n) is 2.39. The van der Waals surface area contributed by atoms with Crippen LogP contribution < -0.4 is 11.3 Å². The van der Waals surface area contributed by atoms with Gasteiger partial charge in [-0.15, -0.1) is 6.42 Å². The first-order valence-electron chi connectivity index (χ1n) is 6.41. The molecule has 1 heterocycles. The Labute approximate surface area is 111 Å². The van der Waals surface area contributed by atoms with Crippen LogP contribution in [0.4, 0.5) is 0 Å². The molecule has 1 atom stereocenters. The van der Waals surface area contributed by atoms with E-state index in [1.807, 2.05) is 13.0 Å². The molecule has 1 unspecified atom stereocenters. The van der Waals surface area contributed by atoms with Gasteiger partial charge in [-0.1, -0.05) is 12.0 Å². The van der Waals surface area contributed by atoms with Crippen LogP contribution in [0.2, 0.25) is 0 Å². The maximum Gasteiger partial charge on any atom is 0.262 e. The summed E-state index contributed by atoms with van der Waals surface area (Å²) >= 11 is 0. The largest absolute Gasteiger partial charge is 0.322 e. The van der Waals surface area contributed by atoms with E-state index < -0.39 is 0 Å². The Morgan fingerprint density at radius 1 is 1.53 bits per heavy atom. The van der Waals surface area contributed by atoms with Crippen LogP contribution in [0.15, 0.2) is 23.0 Å². The Kier molecular flexibility index (Phi) is 2.65. The van der Waals surface area contributed by atoms with Crippen molar-refractivity contribution in [3.05, 3.63) is 39.9 Å². The Morgan fingerprint density at radius 3 is 2.84 bits per heavy atom. The average Bonchev–Trinajstić information content (AvgIpc) is 3.21. The van der Waals surface area contributed by atoms with E-state index >= 15 is 0 Å². The van der Waals surface area contributed by atoms with Crippen molar-refractivity contribution in [1.29, 1.82) is 0 Å². The lowest BCUT2D eigenvalue weighted by Crippen LogP contribution is -2.28. The molecule has 2 aromatic rings. The molecular weight excluding hydrogens is 238 g/mol. The van der Waals surface area contributed by atoms with Crippen molar-refractivity contribution in [3.8, 4) is 12.3 Å². The fourth-order valence-corrected chi connectivity index (χ4v) is 2.39. The zero-order valence-electron chi connectivity index (χ0n) is 10.8. The summed E-state index contributed by atoms with van der Waals surface area (Å²) in [5, 5.41) is 0.529. The highest BCUT2D eigenvalue weighted by Crippen LogP contribution is 2.35. The number of terminal acetylenes is 1. The fraction of sp³-hybridized carbons (Fsp3) is 0.333. The third-order valence-electron chi connectivity index (χ3n) is 3.43. The summed E-state index contributed by atoms with van der Waals surface area (Å²) in [5.41, 5.74) is 7.11. The number of aromatic nitrogens is 2. The molecule has 0 bridgehead atoms. The molecule has 0 saturated heterocycles. The lowest BCUT2D eigenvalue weighted by Gasteiger charge is -2.15. The predicted molar refractivity (Wildman–Crippen MR) is 74.8 cm³/mol. The van der Waals surface area contributed by atoms with Crippen LogP contribution in [0.5, 0.6) is 0 Å². The number of nitrogens with zero attached hydrogens (tertiary/aromatic N) is 2. The van der Waals surface area contributed by atoms with Crippen molar-refractivity contribution in [2.24, 2.45) is 5.73 Å². The molecule has 2 N–H and O–H groups in total. The maximum atomic E-state index is 12.7. The second-order valence-electron chi connectivity index (χ2n) is 5.01. The molecule has 1 saturated carbocycles. The summed E-state index contributed by atoms with van der Waals surface area (Å²) in [4.78, 5) is 17.2. The predicted octanol–water partition coefficient (Wildman–Crippen LogP) is 1.73. The van der Waals surface area contributed by atoms with Crippen LogP contribution in [0, 0.1) is 12.3 Å². The van der Waals surface area contributed by atoms with Crippen molar-refractivity contribution in [2.75, 3.05) is 0 Å². The third kappa shape index (κ3) is 1.83. The van der Waals surface area contributed by atoms with Crippen molar-refractivity contribution in [1.82, 2.24) is 9.55 Å². The summed E-state index contributed by atoms with van der Waals surface area (Å²) in [6.07, 6.45) is 7.48. The molecule has 0 radical (unpaired) electrons. The van der Waals surface area contributed by atoms with E-state index in [0.717, 1.165) is 12.8 Å². The number of hydrogen-bond acceptors (Lipinski definition) is 3. The van der Waals surface area contributed by atoms with E-state index in [2.05, 4.69) is 10.9 Å². The van der Waals surface area contributed by atoms with Gasteiger partial charge in [0.15, 0.2) is 0 Å². The van der Waals surface area contributed by atoms with Crippen LogP contribution in [-0.2, 0) is 0 Å². The summed E-state index contributed by atoms with van der Waals surface area (Å²) < 4.78 is 1.73. The number of hydrogen-bond donors (Lipinski definition) is 1. The van der Waals surface area contributed by atoms with Gasteiger partial charge in [-0.05, 0) is 31.9 Å². The minimum atomic E-state index is -0.271. The maximum absolute atomic E-state index is 12.7. The number of rotatable bonds is 2. The standard InChI is InChI=1S/C15H15N3O/c1-3-10-5-4-6-12-13(10)15(19)18(11-7-8-11)14(17-12)9(2)16/h1,4-6,9,11H,7-8,16H2,2H3. The van der Waals surface area contributed by atoms with Gasteiger partial charge in [-0.3, -0.25) is 9.36 Å². The van der Waals surface area contributed by atoms with Crippen LogP contribution >= 0.6 is 0 Å². The minimum absolute atomic E-state index is 0.0617. The first kappa shape index (κ1) is 11.9. The molecule has 0 amide bonds. The van der Waals surface area contributed by atoms with Crippen LogP contribution in [0.1, 0.15) is 43.2 Å². The van der Waals surface area contributed by atoms with Crippen molar-refractivity contribution in [3.63, 3.8) is 0 Å². The van der Waals surface area contributed by atoms with Crippen molar-refractivity contribution in [2.45, 2.75) is 31.8 Å². The zero-order valence-corrected chi connectivity index (χ0v) is 10.8. The second kappa shape index (κ2) is 4.22. The molecule has 1 aliphatic carbocycles. The normalized spacial score (nSPS) is 16.3. The van der Waals surface area contributed by atoms with Crippen LogP contribution in [-0.4, -0.2) is 9.55 Å². The highest BCUT2D eigenvalue weighted by atomic mass is 16.1. The van der Waals surface area contributed by atoms with Gasteiger partial charge in [0.25, 0.3) is 5.56 Å². The summed E-state index contributed by atoms with van der Waals surface area (Å²) in [7, 11) is 0. The Hall–Kier alpha value is -2.12. The van der Waals surface area contributed by atoms with Gasteiger partial charge >= 0.3 is 0 Å². The molecule has 1 aromatic carbocycles. The van der Waals surface area contributed by atoms with E-state index in [1.165, 1.54) is 0 Å². The number of fused-ring (bicyclic) bond motifs is 1. The quantitative estimate of drug-likeness (QED) is 0.829. The average molecular weight is 253 g/mol. The highest BCUT2D eigenvalue weighted by Gasteiger charge is 2.29. The molecule has 4 heteroatoms. The molecule has 4 nitrogen and oxygen atoms in total. The van der Waals surface area contributed by atoms with E-state index in [4.69, 9.17) is 12.2 Å². The van der Waals surface area contributed by atoms with Gasteiger partial charge in [0, 0.05) is 11.6 Å². The van der Waals surface area contributed by atoms with E-state index in [9.17, 15) is 4.79 Å². The summed E-state index contributed by atoms with van der Waals surface area (Å²) in [5.74, 6) is 3.21. The van der Waals surface area contributed by atoms with E-state index in [0.29, 0.717) is 22.3 Å². The lowest BCUT2D eigenvalue weighted by atomic mass is 10.1.